The third kappa shape index (κ3) is 3.50. The quantitative estimate of drug-likeness (QED) is 0.458. The Bertz CT molecular complexity index is 1300. The Morgan fingerprint density at radius 3 is 2.67 bits per heavy atom. The van der Waals surface area contributed by atoms with Crippen molar-refractivity contribution in [2.24, 2.45) is 0 Å². The first-order chi connectivity index (χ1) is 14.4. The summed E-state index contributed by atoms with van der Waals surface area (Å²) in [6.07, 6.45) is 3.49. The second kappa shape index (κ2) is 7.59. The molecule has 0 aliphatic carbocycles. The molecule has 11 heteroatoms. The molecule has 0 unspecified atom stereocenters. The van der Waals surface area contributed by atoms with E-state index < -0.39 is 20.7 Å². The molecule has 2 aromatic carbocycles. The zero-order valence-electron chi connectivity index (χ0n) is 16.1. The Hall–Kier alpha value is -3.73. The first kappa shape index (κ1) is 19.6. The van der Waals surface area contributed by atoms with E-state index in [9.17, 15) is 13.5 Å². The summed E-state index contributed by atoms with van der Waals surface area (Å²) in [5.41, 5.74) is 1.16. The minimum absolute atomic E-state index is 0.0104. The molecule has 0 amide bonds. The minimum atomic E-state index is -4.24. The van der Waals surface area contributed by atoms with Gasteiger partial charge in [0.25, 0.3) is 10.0 Å². The van der Waals surface area contributed by atoms with Crippen molar-refractivity contribution in [1.29, 1.82) is 0 Å². The van der Waals surface area contributed by atoms with Crippen molar-refractivity contribution in [2.45, 2.75) is 11.4 Å². The Kier molecular flexibility index (Phi) is 4.96. The summed E-state index contributed by atoms with van der Waals surface area (Å²) in [4.78, 5) is -0.405. The predicted molar refractivity (Wildman–Crippen MR) is 107 cm³/mol. The van der Waals surface area contributed by atoms with E-state index in [1.807, 2.05) is 12.3 Å². The summed E-state index contributed by atoms with van der Waals surface area (Å²) in [5, 5.41) is 18.4. The number of phenols is 1. The molecule has 2 aromatic heterocycles. The maximum absolute atomic E-state index is 12.9. The molecule has 2 N–H and O–H groups in total. The molecule has 0 aliphatic rings. The highest BCUT2D eigenvalue weighted by Crippen LogP contribution is 2.37. The first-order valence-electron chi connectivity index (χ1n) is 8.75. The van der Waals surface area contributed by atoms with Crippen LogP contribution in [0.1, 0.15) is 5.56 Å². The number of sulfonamides is 1. The number of anilines is 1. The molecule has 0 aliphatic heterocycles. The van der Waals surface area contributed by atoms with Gasteiger partial charge in [-0.3, -0.25) is 9.40 Å². The Morgan fingerprint density at radius 1 is 1.17 bits per heavy atom. The second-order valence-corrected chi connectivity index (χ2v) is 7.94. The van der Waals surface area contributed by atoms with Crippen LogP contribution in [0.5, 0.6) is 17.2 Å². The Labute approximate surface area is 171 Å². The van der Waals surface area contributed by atoms with Crippen molar-refractivity contribution in [3.63, 3.8) is 0 Å². The summed E-state index contributed by atoms with van der Waals surface area (Å²) in [6.45, 7) is 0.468. The zero-order chi connectivity index (χ0) is 21.3. The monoisotopic (exact) mass is 430 g/mol. The maximum Gasteiger partial charge on any atom is 0.270 e. The number of hydrogen-bond donors (Lipinski definition) is 2. The molecule has 0 bridgehead atoms. The third-order valence-electron chi connectivity index (χ3n) is 4.40. The smallest absolute Gasteiger partial charge is 0.270 e. The van der Waals surface area contributed by atoms with Gasteiger partial charge in [-0.1, -0.05) is 11.2 Å². The van der Waals surface area contributed by atoms with Crippen LogP contribution in [-0.4, -0.2) is 42.7 Å². The largest absolute Gasteiger partial charge is 0.506 e. The average Bonchev–Trinajstić information content (AvgIpc) is 3.37. The van der Waals surface area contributed by atoms with Crippen LogP contribution in [0.2, 0.25) is 0 Å². The average molecular weight is 430 g/mol. The van der Waals surface area contributed by atoms with Crippen molar-refractivity contribution >= 4 is 26.8 Å². The molecule has 0 spiro atoms. The highest BCUT2D eigenvalue weighted by atomic mass is 32.2. The van der Waals surface area contributed by atoms with Crippen molar-refractivity contribution < 1.29 is 27.5 Å². The number of methoxy groups -OCH3 is 2. The summed E-state index contributed by atoms with van der Waals surface area (Å²) < 4.78 is 45.8. The van der Waals surface area contributed by atoms with Gasteiger partial charge in [0, 0.05) is 12.4 Å². The number of aromatic hydroxyl groups is 1. The number of benzene rings is 2. The lowest BCUT2D eigenvalue weighted by molar-refractivity contribution is 0.388. The molecule has 0 fully saturated rings. The van der Waals surface area contributed by atoms with Crippen molar-refractivity contribution in [3.8, 4) is 17.2 Å². The van der Waals surface area contributed by atoms with E-state index in [-0.39, 0.29) is 11.6 Å². The number of rotatable bonds is 7. The second-order valence-electron chi connectivity index (χ2n) is 6.32. The summed E-state index contributed by atoms with van der Waals surface area (Å²) >= 11 is 0. The number of nitrogens with one attached hydrogen (secondary N) is 1. The highest BCUT2D eigenvalue weighted by Gasteiger charge is 2.27. The van der Waals surface area contributed by atoms with Gasteiger partial charge in [-0.2, -0.15) is 5.10 Å². The number of ether oxygens (including phenoxy) is 2. The lowest BCUT2D eigenvalue weighted by atomic mass is 10.1. The Morgan fingerprint density at radius 2 is 1.97 bits per heavy atom. The van der Waals surface area contributed by atoms with E-state index in [2.05, 4.69) is 15.0 Å². The molecule has 0 atom stereocenters. The van der Waals surface area contributed by atoms with E-state index in [0.717, 1.165) is 5.56 Å². The molecular weight excluding hydrogens is 412 g/mol. The van der Waals surface area contributed by atoms with E-state index in [1.54, 1.807) is 23.0 Å². The van der Waals surface area contributed by atoms with Crippen LogP contribution in [0.25, 0.3) is 11.0 Å². The fraction of sp³-hybridized carbons (Fsp3) is 0.158. The number of hydrogen-bond acceptors (Lipinski definition) is 8. The molecule has 0 radical (unpaired) electrons. The van der Waals surface area contributed by atoms with Crippen LogP contribution in [0.15, 0.2) is 58.2 Å². The van der Waals surface area contributed by atoms with Gasteiger partial charge in [-0.05, 0) is 35.9 Å². The number of nitrogens with zero attached hydrogens (tertiary/aromatic N) is 3. The normalized spacial score (nSPS) is 11.5. The summed E-state index contributed by atoms with van der Waals surface area (Å²) in [7, 11) is -1.47. The SMILES string of the molecule is COc1cccc(O)c1S(=O)(=O)Nc1noc2cc(Cn3cccn3)cc(OC)c12. The van der Waals surface area contributed by atoms with Crippen molar-refractivity contribution in [1.82, 2.24) is 14.9 Å². The van der Waals surface area contributed by atoms with Gasteiger partial charge in [0.2, 0.25) is 0 Å². The lowest BCUT2D eigenvalue weighted by Crippen LogP contribution is -2.15. The Balaban J connectivity index is 1.75. The third-order valence-corrected chi connectivity index (χ3v) is 5.81. The molecule has 4 rings (SSSR count). The summed E-state index contributed by atoms with van der Waals surface area (Å²) in [5.74, 6) is -0.164. The van der Waals surface area contributed by atoms with Gasteiger partial charge in [-0.25, -0.2) is 8.42 Å². The molecule has 2 heterocycles. The van der Waals surface area contributed by atoms with Crippen LogP contribution in [0.3, 0.4) is 0 Å². The van der Waals surface area contributed by atoms with Gasteiger partial charge in [-0.15, -0.1) is 0 Å². The van der Waals surface area contributed by atoms with Gasteiger partial charge < -0.3 is 19.1 Å². The van der Waals surface area contributed by atoms with E-state index in [1.165, 1.54) is 32.4 Å². The lowest BCUT2D eigenvalue weighted by Gasteiger charge is -2.12. The van der Waals surface area contributed by atoms with E-state index in [4.69, 9.17) is 14.0 Å². The molecule has 4 aromatic rings. The van der Waals surface area contributed by atoms with Crippen LogP contribution < -0.4 is 14.2 Å². The fourth-order valence-electron chi connectivity index (χ4n) is 3.11. The van der Waals surface area contributed by atoms with Crippen molar-refractivity contribution in [3.05, 3.63) is 54.4 Å². The maximum atomic E-state index is 12.9. The first-order valence-corrected chi connectivity index (χ1v) is 10.2. The van der Waals surface area contributed by atoms with Gasteiger partial charge in [0.05, 0.1) is 20.8 Å². The predicted octanol–water partition coefficient (Wildman–Crippen LogP) is 2.60. The van der Waals surface area contributed by atoms with E-state index >= 15 is 0 Å². The topological polar surface area (TPSA) is 129 Å². The van der Waals surface area contributed by atoms with Crippen LogP contribution in [-0.2, 0) is 16.6 Å². The zero-order valence-corrected chi connectivity index (χ0v) is 16.9. The summed E-state index contributed by atoms with van der Waals surface area (Å²) in [6, 6.07) is 9.44. The number of aromatic nitrogens is 3. The molecule has 0 saturated carbocycles. The van der Waals surface area contributed by atoms with Gasteiger partial charge in [0.1, 0.15) is 22.6 Å². The molecule has 30 heavy (non-hydrogen) atoms. The van der Waals surface area contributed by atoms with E-state index in [0.29, 0.717) is 23.3 Å². The highest BCUT2D eigenvalue weighted by molar-refractivity contribution is 7.93. The number of phenolic OH excluding ortho intramolecular Hbond substituents is 1. The van der Waals surface area contributed by atoms with Crippen LogP contribution in [0.4, 0.5) is 5.82 Å². The van der Waals surface area contributed by atoms with Gasteiger partial charge in [0.15, 0.2) is 16.3 Å². The number of fused-ring (bicyclic) bond motifs is 1. The van der Waals surface area contributed by atoms with Crippen LogP contribution in [0, 0.1) is 0 Å². The van der Waals surface area contributed by atoms with Gasteiger partial charge >= 0.3 is 0 Å². The molecule has 10 nitrogen and oxygen atoms in total. The van der Waals surface area contributed by atoms with Crippen molar-refractivity contribution in [2.75, 3.05) is 18.9 Å². The fourth-order valence-corrected chi connectivity index (χ4v) is 4.36. The minimum Gasteiger partial charge on any atom is -0.506 e. The van der Waals surface area contributed by atoms with Crippen LogP contribution >= 0.6 is 0 Å². The standard InChI is InChI=1S/C19H18N4O6S/c1-27-14-6-3-5-13(24)18(14)30(25,26)22-19-17-15(28-2)9-12(10-16(17)29-21-19)11-23-8-4-7-20-23/h3-10,24H,11H2,1-2H3,(H,21,22). The molecular formula is C19H18N4O6S. The molecule has 156 valence electrons. The molecule has 0 saturated heterocycles.